The Labute approximate surface area is 117 Å². The Morgan fingerprint density at radius 3 is 2.58 bits per heavy atom. The Balaban J connectivity index is 1.88. The van der Waals surface area contributed by atoms with Gasteiger partial charge in [0.1, 0.15) is 5.75 Å². The van der Waals surface area contributed by atoms with Gasteiger partial charge in [-0.3, -0.25) is 0 Å². The minimum atomic E-state index is 0.756. The van der Waals surface area contributed by atoms with Gasteiger partial charge >= 0.3 is 0 Å². The molecule has 1 aliphatic rings. The van der Waals surface area contributed by atoms with E-state index >= 15 is 0 Å². The normalized spacial score (nSPS) is 21.7. The number of ether oxygens (including phenoxy) is 1. The van der Waals surface area contributed by atoms with Crippen LogP contribution >= 0.6 is 0 Å². The summed E-state index contributed by atoms with van der Waals surface area (Å²) in [5, 5.41) is 0. The van der Waals surface area contributed by atoms with Gasteiger partial charge < -0.3 is 9.64 Å². The van der Waals surface area contributed by atoms with Crippen LogP contribution in [0.5, 0.6) is 5.75 Å². The predicted molar refractivity (Wildman–Crippen MR) is 80.9 cm³/mol. The highest BCUT2D eigenvalue weighted by Gasteiger charge is 2.39. The molecule has 0 saturated heterocycles. The van der Waals surface area contributed by atoms with Crippen LogP contribution in [-0.2, 0) is 0 Å². The lowest BCUT2D eigenvalue weighted by atomic mass is 10.1. The van der Waals surface area contributed by atoms with Gasteiger partial charge in [-0.1, -0.05) is 26.0 Å². The zero-order valence-electron chi connectivity index (χ0n) is 12.6. The topological polar surface area (TPSA) is 12.5 Å². The van der Waals surface area contributed by atoms with Crippen LogP contribution in [0.4, 0.5) is 0 Å². The van der Waals surface area contributed by atoms with Gasteiger partial charge in [-0.25, -0.2) is 0 Å². The third-order valence-corrected chi connectivity index (χ3v) is 4.02. The molecule has 106 valence electrons. The van der Waals surface area contributed by atoms with E-state index in [2.05, 4.69) is 36.9 Å². The molecule has 1 fully saturated rings. The zero-order chi connectivity index (χ0) is 13.7. The summed E-state index contributed by atoms with van der Waals surface area (Å²) in [6.07, 6.45) is 3.87. The van der Waals surface area contributed by atoms with Gasteiger partial charge in [-0.05, 0) is 61.9 Å². The fourth-order valence-corrected chi connectivity index (χ4v) is 2.99. The van der Waals surface area contributed by atoms with Crippen molar-refractivity contribution in [3.05, 3.63) is 29.8 Å². The third-order valence-electron chi connectivity index (χ3n) is 4.02. The van der Waals surface area contributed by atoms with Crippen molar-refractivity contribution in [3.8, 4) is 5.75 Å². The molecule has 1 aromatic carbocycles. The van der Waals surface area contributed by atoms with Crippen LogP contribution in [0.2, 0.25) is 0 Å². The quantitative estimate of drug-likeness (QED) is 0.703. The summed E-state index contributed by atoms with van der Waals surface area (Å²) in [7, 11) is 1.74. The maximum Gasteiger partial charge on any atom is 0.119 e. The maximum atomic E-state index is 5.32. The Morgan fingerprint density at radius 1 is 1.21 bits per heavy atom. The summed E-state index contributed by atoms with van der Waals surface area (Å²) >= 11 is 0. The van der Waals surface area contributed by atoms with E-state index < -0.39 is 0 Å². The van der Waals surface area contributed by atoms with E-state index in [0.717, 1.165) is 17.6 Å². The van der Waals surface area contributed by atoms with Crippen LogP contribution in [0.3, 0.4) is 0 Å². The average Bonchev–Trinajstić information content (AvgIpc) is 3.19. The van der Waals surface area contributed by atoms with Crippen LogP contribution in [0.15, 0.2) is 24.3 Å². The molecule has 0 spiro atoms. The minimum absolute atomic E-state index is 0.756. The number of nitrogens with zero attached hydrogens (tertiary/aromatic N) is 1. The lowest BCUT2D eigenvalue weighted by Crippen LogP contribution is -2.28. The molecule has 0 N–H and O–H groups in total. The summed E-state index contributed by atoms with van der Waals surface area (Å²) in [4.78, 5) is 2.63. The van der Waals surface area contributed by atoms with E-state index in [0.29, 0.717) is 0 Å². The van der Waals surface area contributed by atoms with Crippen molar-refractivity contribution in [2.75, 3.05) is 26.7 Å². The van der Waals surface area contributed by atoms with Gasteiger partial charge in [0, 0.05) is 6.54 Å². The van der Waals surface area contributed by atoms with Crippen LogP contribution in [0, 0.1) is 5.92 Å². The highest BCUT2D eigenvalue weighted by Crippen LogP contribution is 2.48. The van der Waals surface area contributed by atoms with Gasteiger partial charge in [-0.2, -0.15) is 0 Å². The minimum Gasteiger partial charge on any atom is -0.497 e. The average molecular weight is 261 g/mol. The molecule has 2 nitrogen and oxygen atoms in total. The van der Waals surface area contributed by atoms with Crippen molar-refractivity contribution in [2.45, 2.75) is 39.0 Å². The molecule has 0 aromatic heterocycles. The molecule has 2 rings (SSSR count). The standard InChI is InChI=1S/C17H27NO/c1-4-9-18(10-5-2)13-15-12-17(15)14-7-6-8-16(11-14)19-3/h6-8,11,15,17H,4-5,9-10,12-13H2,1-3H3/t15-,17-/m1/s1. The predicted octanol–water partition coefficient (Wildman–Crippen LogP) is 3.92. The molecule has 1 aliphatic carbocycles. The molecule has 2 atom stereocenters. The van der Waals surface area contributed by atoms with E-state index in [1.807, 2.05) is 6.07 Å². The molecular formula is C17H27NO. The van der Waals surface area contributed by atoms with Crippen LogP contribution in [0.1, 0.15) is 44.6 Å². The van der Waals surface area contributed by atoms with E-state index in [1.165, 1.54) is 44.5 Å². The van der Waals surface area contributed by atoms with Crippen molar-refractivity contribution >= 4 is 0 Å². The fraction of sp³-hybridized carbons (Fsp3) is 0.647. The first-order chi connectivity index (χ1) is 9.28. The Hall–Kier alpha value is -1.02. The number of methoxy groups -OCH3 is 1. The van der Waals surface area contributed by atoms with Crippen molar-refractivity contribution in [1.82, 2.24) is 4.90 Å². The Bertz CT molecular complexity index is 385. The van der Waals surface area contributed by atoms with Crippen molar-refractivity contribution < 1.29 is 4.74 Å². The molecule has 2 heteroatoms. The highest BCUT2D eigenvalue weighted by atomic mass is 16.5. The van der Waals surface area contributed by atoms with Crippen molar-refractivity contribution in [1.29, 1.82) is 0 Å². The molecule has 0 heterocycles. The summed E-state index contributed by atoms with van der Waals surface area (Å²) in [5.41, 5.74) is 1.46. The maximum absolute atomic E-state index is 5.32. The summed E-state index contributed by atoms with van der Waals surface area (Å²) < 4.78 is 5.32. The van der Waals surface area contributed by atoms with E-state index in [1.54, 1.807) is 7.11 Å². The first-order valence-corrected chi connectivity index (χ1v) is 7.64. The molecule has 1 aromatic rings. The molecule has 0 unspecified atom stereocenters. The smallest absolute Gasteiger partial charge is 0.119 e. The van der Waals surface area contributed by atoms with Gasteiger partial charge in [-0.15, -0.1) is 0 Å². The van der Waals surface area contributed by atoms with Gasteiger partial charge in [0.15, 0.2) is 0 Å². The second kappa shape index (κ2) is 6.95. The van der Waals surface area contributed by atoms with E-state index in [9.17, 15) is 0 Å². The largest absolute Gasteiger partial charge is 0.497 e. The third kappa shape index (κ3) is 3.97. The number of hydrogen-bond donors (Lipinski definition) is 0. The molecule has 0 bridgehead atoms. The highest BCUT2D eigenvalue weighted by molar-refractivity contribution is 5.34. The van der Waals surface area contributed by atoms with Gasteiger partial charge in [0.25, 0.3) is 0 Å². The summed E-state index contributed by atoms with van der Waals surface area (Å²) in [5.74, 6) is 2.60. The van der Waals surface area contributed by atoms with Gasteiger partial charge in [0.05, 0.1) is 7.11 Å². The summed E-state index contributed by atoms with van der Waals surface area (Å²) in [6.45, 7) is 8.30. The number of hydrogen-bond acceptors (Lipinski definition) is 2. The monoisotopic (exact) mass is 261 g/mol. The van der Waals surface area contributed by atoms with Crippen LogP contribution < -0.4 is 4.74 Å². The zero-order valence-corrected chi connectivity index (χ0v) is 12.6. The second-order valence-electron chi connectivity index (χ2n) is 5.68. The Morgan fingerprint density at radius 2 is 1.95 bits per heavy atom. The summed E-state index contributed by atoms with van der Waals surface area (Å²) in [6, 6.07) is 8.59. The molecule has 19 heavy (non-hydrogen) atoms. The molecule has 0 aliphatic heterocycles. The number of benzene rings is 1. The van der Waals surface area contributed by atoms with Gasteiger partial charge in [0.2, 0.25) is 0 Å². The molecule has 0 amide bonds. The lowest BCUT2D eigenvalue weighted by molar-refractivity contribution is 0.262. The molecular weight excluding hydrogens is 234 g/mol. The van der Waals surface area contributed by atoms with Crippen LogP contribution in [-0.4, -0.2) is 31.6 Å². The second-order valence-corrected chi connectivity index (χ2v) is 5.68. The lowest BCUT2D eigenvalue weighted by Gasteiger charge is -2.20. The van der Waals surface area contributed by atoms with Crippen molar-refractivity contribution in [2.24, 2.45) is 5.92 Å². The Kier molecular flexibility index (Phi) is 5.26. The SMILES string of the molecule is CCCN(CCC)C[C@H]1C[C@@H]1c1cccc(OC)c1. The fourth-order valence-electron chi connectivity index (χ4n) is 2.99. The molecule has 0 radical (unpaired) electrons. The number of rotatable bonds is 8. The van der Waals surface area contributed by atoms with E-state index in [-0.39, 0.29) is 0 Å². The molecule has 1 saturated carbocycles. The first-order valence-electron chi connectivity index (χ1n) is 7.64. The first kappa shape index (κ1) is 14.4. The van der Waals surface area contributed by atoms with E-state index in [4.69, 9.17) is 4.74 Å². The van der Waals surface area contributed by atoms with Crippen LogP contribution in [0.25, 0.3) is 0 Å². The van der Waals surface area contributed by atoms with Crippen molar-refractivity contribution in [3.63, 3.8) is 0 Å².